The summed E-state index contributed by atoms with van der Waals surface area (Å²) >= 11 is 6.29. The summed E-state index contributed by atoms with van der Waals surface area (Å²) in [5.74, 6) is -0.354. The van der Waals surface area contributed by atoms with Gasteiger partial charge < -0.3 is 10.2 Å². The largest absolute Gasteiger partial charge is 0.375 e. The molecule has 2 aromatic heterocycles. The molecule has 146 valence electrons. The Balaban J connectivity index is 1.71. The van der Waals surface area contributed by atoms with Gasteiger partial charge in [0, 0.05) is 25.7 Å². The van der Waals surface area contributed by atoms with Crippen molar-refractivity contribution >= 4 is 39.8 Å². The van der Waals surface area contributed by atoms with Gasteiger partial charge in [0.15, 0.2) is 5.69 Å². The van der Waals surface area contributed by atoms with E-state index in [1.54, 1.807) is 29.1 Å². The fraction of sp³-hybridized carbons (Fsp3) is 0.143. The van der Waals surface area contributed by atoms with Gasteiger partial charge in [-0.15, -0.1) is 5.10 Å². The molecular formula is C21H19ClN6O. The van der Waals surface area contributed by atoms with E-state index in [1.807, 2.05) is 56.3 Å². The Morgan fingerprint density at radius 3 is 2.66 bits per heavy atom. The van der Waals surface area contributed by atoms with Gasteiger partial charge in [-0.25, -0.2) is 4.68 Å². The maximum Gasteiger partial charge on any atom is 0.278 e. The number of pyridine rings is 1. The average molecular weight is 407 g/mol. The number of halogens is 1. The number of para-hydroxylation sites is 2. The summed E-state index contributed by atoms with van der Waals surface area (Å²) < 4.78 is 1.63. The van der Waals surface area contributed by atoms with E-state index in [4.69, 9.17) is 11.6 Å². The second-order valence-corrected chi connectivity index (χ2v) is 7.18. The van der Waals surface area contributed by atoms with Crippen LogP contribution in [0.2, 0.25) is 5.02 Å². The molecule has 0 atom stereocenters. The monoisotopic (exact) mass is 406 g/mol. The van der Waals surface area contributed by atoms with Gasteiger partial charge in [0.2, 0.25) is 0 Å². The van der Waals surface area contributed by atoms with Crippen LogP contribution in [0.3, 0.4) is 0 Å². The predicted molar refractivity (Wildman–Crippen MR) is 115 cm³/mol. The molecule has 4 aromatic rings. The number of amides is 1. The quantitative estimate of drug-likeness (QED) is 0.552. The highest BCUT2D eigenvalue weighted by atomic mass is 35.5. The highest BCUT2D eigenvalue weighted by molar-refractivity contribution is 6.34. The molecule has 0 unspecified atom stereocenters. The van der Waals surface area contributed by atoms with Gasteiger partial charge in [-0.3, -0.25) is 9.78 Å². The third-order valence-electron chi connectivity index (χ3n) is 4.63. The average Bonchev–Trinajstić information content (AvgIpc) is 3.08. The van der Waals surface area contributed by atoms with E-state index in [9.17, 15) is 4.79 Å². The number of hydrogen-bond donors (Lipinski definition) is 1. The molecule has 0 aliphatic heterocycles. The van der Waals surface area contributed by atoms with E-state index < -0.39 is 0 Å². The summed E-state index contributed by atoms with van der Waals surface area (Å²) in [4.78, 5) is 19.2. The number of aromatic nitrogens is 4. The van der Waals surface area contributed by atoms with Gasteiger partial charge in [0.25, 0.3) is 5.91 Å². The Morgan fingerprint density at radius 2 is 1.86 bits per heavy atom. The lowest BCUT2D eigenvalue weighted by molar-refractivity contribution is 0.102. The van der Waals surface area contributed by atoms with Crippen molar-refractivity contribution in [1.29, 1.82) is 0 Å². The summed E-state index contributed by atoms with van der Waals surface area (Å²) in [5.41, 5.74) is 3.75. The fourth-order valence-electron chi connectivity index (χ4n) is 3.28. The maximum atomic E-state index is 12.9. The Labute approximate surface area is 172 Å². The molecule has 0 radical (unpaired) electrons. The molecule has 0 aliphatic carbocycles. The third kappa shape index (κ3) is 3.40. The van der Waals surface area contributed by atoms with Crippen LogP contribution in [-0.4, -0.2) is 40.0 Å². The highest BCUT2D eigenvalue weighted by Crippen LogP contribution is 2.32. The first-order valence-corrected chi connectivity index (χ1v) is 9.39. The van der Waals surface area contributed by atoms with Crippen LogP contribution in [0.25, 0.3) is 16.6 Å². The second-order valence-electron chi connectivity index (χ2n) is 6.77. The lowest BCUT2D eigenvalue weighted by atomic mass is 10.2. The van der Waals surface area contributed by atoms with E-state index in [0.29, 0.717) is 16.4 Å². The van der Waals surface area contributed by atoms with E-state index in [2.05, 4.69) is 20.6 Å². The topological polar surface area (TPSA) is 75.9 Å². The van der Waals surface area contributed by atoms with E-state index >= 15 is 0 Å². The fourth-order valence-corrected chi connectivity index (χ4v) is 3.62. The first-order chi connectivity index (χ1) is 14.0. The van der Waals surface area contributed by atoms with Gasteiger partial charge in [-0.1, -0.05) is 41.1 Å². The molecule has 0 fully saturated rings. The minimum atomic E-state index is -0.354. The van der Waals surface area contributed by atoms with Crippen LogP contribution < -0.4 is 10.2 Å². The Kier molecular flexibility index (Phi) is 4.90. The first kappa shape index (κ1) is 18.9. The molecule has 0 spiro atoms. The standard InChI is InChI=1S/C21H19ClN6O/c1-13-18(21(29)24-16-10-5-9-15(22)20(16)27(2)3)25-26-28(13)17-11-4-7-14-8-6-12-23-19(14)17/h4-12H,1-3H3,(H,24,29). The van der Waals surface area contributed by atoms with Gasteiger partial charge in [-0.2, -0.15) is 0 Å². The molecule has 0 saturated heterocycles. The zero-order valence-corrected chi connectivity index (χ0v) is 17.0. The summed E-state index contributed by atoms with van der Waals surface area (Å²) in [7, 11) is 3.73. The number of nitrogens with one attached hydrogen (secondary N) is 1. The normalized spacial score (nSPS) is 10.9. The molecule has 0 bridgehead atoms. The van der Waals surface area contributed by atoms with Crippen molar-refractivity contribution in [2.75, 3.05) is 24.3 Å². The molecule has 2 heterocycles. The van der Waals surface area contributed by atoms with Crippen LogP contribution in [-0.2, 0) is 0 Å². The Morgan fingerprint density at radius 1 is 1.10 bits per heavy atom. The summed E-state index contributed by atoms with van der Waals surface area (Å²) in [5, 5.41) is 12.8. The molecule has 1 amide bonds. The van der Waals surface area contributed by atoms with Crippen LogP contribution in [0.4, 0.5) is 11.4 Å². The van der Waals surface area contributed by atoms with Crippen LogP contribution >= 0.6 is 11.6 Å². The number of benzene rings is 2. The van der Waals surface area contributed by atoms with Gasteiger partial charge in [0.1, 0.15) is 0 Å². The second kappa shape index (κ2) is 7.52. The number of anilines is 2. The van der Waals surface area contributed by atoms with E-state index in [0.717, 1.165) is 22.3 Å². The van der Waals surface area contributed by atoms with Crippen molar-refractivity contribution in [2.45, 2.75) is 6.92 Å². The lowest BCUT2D eigenvalue weighted by Gasteiger charge is -2.19. The van der Waals surface area contributed by atoms with E-state index in [-0.39, 0.29) is 11.6 Å². The highest BCUT2D eigenvalue weighted by Gasteiger charge is 2.20. The van der Waals surface area contributed by atoms with Gasteiger partial charge >= 0.3 is 0 Å². The number of hydrogen-bond acceptors (Lipinski definition) is 5. The minimum absolute atomic E-state index is 0.239. The lowest BCUT2D eigenvalue weighted by Crippen LogP contribution is -2.18. The summed E-state index contributed by atoms with van der Waals surface area (Å²) in [6.45, 7) is 1.81. The summed E-state index contributed by atoms with van der Waals surface area (Å²) in [6.07, 6.45) is 1.73. The number of fused-ring (bicyclic) bond motifs is 1. The number of rotatable bonds is 4. The molecule has 0 saturated carbocycles. The molecule has 2 aromatic carbocycles. The third-order valence-corrected chi connectivity index (χ3v) is 4.94. The van der Waals surface area contributed by atoms with Crippen LogP contribution in [0.15, 0.2) is 54.7 Å². The smallest absolute Gasteiger partial charge is 0.278 e. The van der Waals surface area contributed by atoms with Crippen molar-refractivity contribution in [3.8, 4) is 5.69 Å². The number of nitrogens with zero attached hydrogens (tertiary/aromatic N) is 5. The molecular weight excluding hydrogens is 388 g/mol. The zero-order valence-electron chi connectivity index (χ0n) is 16.2. The molecule has 4 rings (SSSR count). The van der Waals surface area contributed by atoms with Crippen molar-refractivity contribution in [3.05, 3.63) is 71.1 Å². The van der Waals surface area contributed by atoms with Crippen molar-refractivity contribution in [1.82, 2.24) is 20.0 Å². The predicted octanol–water partition coefficient (Wildman–Crippen LogP) is 4.10. The number of carbonyl (C=O) groups excluding carboxylic acids is 1. The molecule has 0 aliphatic rings. The van der Waals surface area contributed by atoms with Crippen LogP contribution in [0, 0.1) is 6.92 Å². The Hall–Kier alpha value is -3.45. The van der Waals surface area contributed by atoms with Gasteiger partial charge in [-0.05, 0) is 31.2 Å². The molecule has 7 nitrogen and oxygen atoms in total. The zero-order chi connectivity index (χ0) is 20.5. The SMILES string of the molecule is Cc1c(C(=O)Nc2cccc(Cl)c2N(C)C)nnn1-c1cccc2cccnc12. The Bertz CT molecular complexity index is 1210. The number of carbonyl (C=O) groups is 1. The van der Waals surface area contributed by atoms with Crippen LogP contribution in [0.5, 0.6) is 0 Å². The van der Waals surface area contributed by atoms with Gasteiger partial charge in [0.05, 0.1) is 33.3 Å². The molecule has 8 heteroatoms. The molecule has 1 N–H and O–H groups in total. The summed E-state index contributed by atoms with van der Waals surface area (Å²) in [6, 6.07) is 15.0. The van der Waals surface area contributed by atoms with Crippen LogP contribution in [0.1, 0.15) is 16.2 Å². The first-order valence-electron chi connectivity index (χ1n) is 9.01. The van der Waals surface area contributed by atoms with Crippen molar-refractivity contribution < 1.29 is 4.79 Å². The van der Waals surface area contributed by atoms with Crippen molar-refractivity contribution in [2.24, 2.45) is 0 Å². The maximum absolute atomic E-state index is 12.9. The van der Waals surface area contributed by atoms with E-state index in [1.165, 1.54) is 0 Å². The van der Waals surface area contributed by atoms with Crippen molar-refractivity contribution in [3.63, 3.8) is 0 Å². The minimum Gasteiger partial charge on any atom is -0.375 e. The molecule has 29 heavy (non-hydrogen) atoms.